The second-order valence-corrected chi connectivity index (χ2v) is 6.41. The number of H-pyrrole nitrogens is 1. The van der Waals surface area contributed by atoms with Gasteiger partial charge in [-0.2, -0.15) is 0 Å². The summed E-state index contributed by atoms with van der Waals surface area (Å²) in [4.78, 5) is 18.6. The summed E-state index contributed by atoms with van der Waals surface area (Å²) in [7, 11) is -3.83. The summed E-state index contributed by atoms with van der Waals surface area (Å²) in [5, 5.41) is 0.496. The van der Waals surface area contributed by atoms with Gasteiger partial charge in [0.1, 0.15) is 10.5 Å². The number of nitrogens with zero attached hydrogens (tertiary/aromatic N) is 1. The maximum atomic E-state index is 12.6. The van der Waals surface area contributed by atoms with Crippen LogP contribution in [-0.2, 0) is 10.0 Å². The van der Waals surface area contributed by atoms with Crippen molar-refractivity contribution in [2.45, 2.75) is 11.8 Å². The zero-order chi connectivity index (χ0) is 15.7. The first-order chi connectivity index (χ1) is 10.5. The first-order valence-corrected chi connectivity index (χ1v) is 8.02. The Kier molecular flexibility index (Phi) is 3.42. The molecule has 0 aliphatic heterocycles. The number of sulfonamides is 1. The highest BCUT2D eigenvalue weighted by molar-refractivity contribution is 7.93. The fourth-order valence-electron chi connectivity index (χ4n) is 2.23. The topological polar surface area (TPSA) is 91.9 Å². The highest BCUT2D eigenvalue weighted by Gasteiger charge is 2.21. The van der Waals surface area contributed by atoms with E-state index in [1.165, 1.54) is 13.1 Å². The predicted octanol–water partition coefficient (Wildman–Crippen LogP) is 2.57. The minimum absolute atomic E-state index is 0.0916. The summed E-state index contributed by atoms with van der Waals surface area (Å²) in [5.74, 6) is -0.209. The molecule has 0 unspecified atom stereocenters. The summed E-state index contributed by atoms with van der Waals surface area (Å²) in [6.07, 6.45) is 2.96. The van der Waals surface area contributed by atoms with Crippen LogP contribution in [0.4, 0.5) is 5.69 Å². The maximum Gasteiger partial charge on any atom is 0.264 e. The summed E-state index contributed by atoms with van der Waals surface area (Å²) in [6, 6.07) is 9.83. The predicted molar refractivity (Wildman–Crippen MR) is 83.3 cm³/mol. The van der Waals surface area contributed by atoms with Crippen molar-refractivity contribution in [3.8, 4) is 0 Å². The van der Waals surface area contributed by atoms with Crippen molar-refractivity contribution < 1.29 is 13.2 Å². The Bertz CT molecular complexity index is 961. The van der Waals surface area contributed by atoms with Gasteiger partial charge in [-0.25, -0.2) is 13.4 Å². The van der Waals surface area contributed by atoms with Crippen LogP contribution in [0.3, 0.4) is 0 Å². The minimum atomic E-state index is -3.83. The normalized spacial score (nSPS) is 11.5. The summed E-state index contributed by atoms with van der Waals surface area (Å²) < 4.78 is 27.6. The number of aromatic amines is 1. The lowest BCUT2D eigenvalue weighted by molar-refractivity contribution is 0.101. The number of hydrogen-bond acceptors (Lipinski definition) is 4. The number of Topliss-reactive ketones (excluding diaryl/α,β-unsaturated/α-hetero) is 1. The molecule has 0 atom stereocenters. The molecule has 0 radical (unpaired) electrons. The number of pyridine rings is 1. The van der Waals surface area contributed by atoms with Gasteiger partial charge in [-0.1, -0.05) is 12.1 Å². The molecule has 0 aliphatic rings. The summed E-state index contributed by atoms with van der Waals surface area (Å²) in [5.41, 5.74) is 1.07. The summed E-state index contributed by atoms with van der Waals surface area (Å²) >= 11 is 0. The molecule has 6 nitrogen and oxygen atoms in total. The van der Waals surface area contributed by atoms with E-state index < -0.39 is 10.0 Å². The smallest absolute Gasteiger partial charge is 0.264 e. The molecule has 3 aromatic rings. The van der Waals surface area contributed by atoms with E-state index in [1.54, 1.807) is 42.6 Å². The monoisotopic (exact) mass is 315 g/mol. The number of carbonyl (C=O) groups is 1. The fourth-order valence-corrected chi connectivity index (χ4v) is 3.48. The molecule has 0 amide bonds. The van der Waals surface area contributed by atoms with Gasteiger partial charge in [0, 0.05) is 23.3 Å². The Morgan fingerprint density at radius 3 is 2.73 bits per heavy atom. The Balaban J connectivity index is 2.07. The number of hydrogen-bond donors (Lipinski definition) is 2. The zero-order valence-corrected chi connectivity index (χ0v) is 12.5. The van der Waals surface area contributed by atoms with Crippen molar-refractivity contribution in [1.82, 2.24) is 9.97 Å². The molecule has 0 aliphatic carbocycles. The third-order valence-corrected chi connectivity index (χ3v) is 4.66. The molecule has 0 bridgehead atoms. The Labute approximate surface area is 127 Å². The number of nitrogens with one attached hydrogen (secondary N) is 2. The minimum Gasteiger partial charge on any atom is -0.345 e. The molecule has 0 spiro atoms. The van der Waals surface area contributed by atoms with Gasteiger partial charge in [0.05, 0.1) is 5.69 Å². The number of para-hydroxylation sites is 1. The van der Waals surface area contributed by atoms with Crippen molar-refractivity contribution in [2.24, 2.45) is 0 Å². The van der Waals surface area contributed by atoms with Crippen LogP contribution in [-0.4, -0.2) is 24.2 Å². The van der Waals surface area contributed by atoms with Crippen LogP contribution < -0.4 is 4.72 Å². The molecule has 0 saturated carbocycles. The van der Waals surface area contributed by atoms with E-state index in [0.717, 1.165) is 0 Å². The van der Waals surface area contributed by atoms with E-state index in [9.17, 15) is 13.2 Å². The molecule has 2 N–H and O–H groups in total. The van der Waals surface area contributed by atoms with Crippen molar-refractivity contribution in [3.63, 3.8) is 0 Å². The SMILES string of the molecule is CC(=O)c1ccccc1NS(=O)(=O)c1c[nH]c2ncccc12. The number of aromatic nitrogens is 2. The van der Waals surface area contributed by atoms with Gasteiger partial charge >= 0.3 is 0 Å². The average Bonchev–Trinajstić information content (AvgIpc) is 2.92. The maximum absolute atomic E-state index is 12.6. The third kappa shape index (κ3) is 2.46. The molecular formula is C15H13N3O3S. The quantitative estimate of drug-likeness (QED) is 0.724. The lowest BCUT2D eigenvalue weighted by atomic mass is 10.1. The number of benzene rings is 1. The van der Waals surface area contributed by atoms with Crippen molar-refractivity contribution >= 4 is 32.5 Å². The van der Waals surface area contributed by atoms with Crippen molar-refractivity contribution in [2.75, 3.05) is 4.72 Å². The van der Waals surface area contributed by atoms with Crippen molar-refractivity contribution in [3.05, 3.63) is 54.4 Å². The van der Waals surface area contributed by atoms with Crippen LogP contribution in [0.15, 0.2) is 53.7 Å². The molecule has 1 aromatic carbocycles. The van der Waals surface area contributed by atoms with Crippen LogP contribution in [0.1, 0.15) is 17.3 Å². The Hall–Kier alpha value is -2.67. The highest BCUT2D eigenvalue weighted by Crippen LogP contribution is 2.25. The van der Waals surface area contributed by atoms with E-state index in [-0.39, 0.29) is 16.4 Å². The molecular weight excluding hydrogens is 302 g/mol. The standard InChI is InChI=1S/C15H13N3O3S/c1-10(19)11-5-2-3-7-13(11)18-22(20,21)14-9-17-15-12(14)6-4-8-16-15/h2-9,18H,1H3,(H,16,17). The second kappa shape index (κ2) is 5.27. The van der Waals surface area contributed by atoms with E-state index >= 15 is 0 Å². The molecule has 0 fully saturated rings. The van der Waals surface area contributed by atoms with E-state index in [0.29, 0.717) is 16.6 Å². The molecule has 22 heavy (non-hydrogen) atoms. The number of anilines is 1. The van der Waals surface area contributed by atoms with Gasteiger partial charge in [-0.05, 0) is 31.2 Å². The van der Waals surface area contributed by atoms with Crippen LogP contribution in [0.2, 0.25) is 0 Å². The van der Waals surface area contributed by atoms with Crippen LogP contribution in [0.25, 0.3) is 11.0 Å². The second-order valence-electron chi connectivity index (χ2n) is 4.76. The highest BCUT2D eigenvalue weighted by atomic mass is 32.2. The van der Waals surface area contributed by atoms with Gasteiger partial charge in [0.15, 0.2) is 5.78 Å². The van der Waals surface area contributed by atoms with Gasteiger partial charge in [-0.15, -0.1) is 0 Å². The van der Waals surface area contributed by atoms with Crippen LogP contribution in [0, 0.1) is 0 Å². The molecule has 2 aromatic heterocycles. The van der Waals surface area contributed by atoms with Crippen LogP contribution in [0.5, 0.6) is 0 Å². The first kappa shape index (κ1) is 14.3. The van der Waals surface area contributed by atoms with Crippen LogP contribution >= 0.6 is 0 Å². The zero-order valence-electron chi connectivity index (χ0n) is 11.7. The number of fused-ring (bicyclic) bond motifs is 1. The number of rotatable bonds is 4. The van der Waals surface area contributed by atoms with Crippen molar-refractivity contribution in [1.29, 1.82) is 0 Å². The Morgan fingerprint density at radius 1 is 1.18 bits per heavy atom. The van der Waals surface area contributed by atoms with Gasteiger partial charge in [0.2, 0.25) is 0 Å². The first-order valence-electron chi connectivity index (χ1n) is 6.54. The van der Waals surface area contributed by atoms with E-state index in [1.807, 2.05) is 0 Å². The fraction of sp³-hybridized carbons (Fsp3) is 0.0667. The van der Waals surface area contributed by atoms with E-state index in [2.05, 4.69) is 14.7 Å². The number of ketones is 1. The molecule has 7 heteroatoms. The largest absolute Gasteiger partial charge is 0.345 e. The lowest BCUT2D eigenvalue weighted by Crippen LogP contribution is -2.14. The van der Waals surface area contributed by atoms with Gasteiger partial charge < -0.3 is 4.98 Å². The molecule has 0 saturated heterocycles. The molecule has 3 rings (SSSR count). The average molecular weight is 315 g/mol. The lowest BCUT2D eigenvalue weighted by Gasteiger charge is -2.10. The number of carbonyl (C=O) groups excluding carboxylic acids is 1. The summed E-state index contributed by atoms with van der Waals surface area (Å²) in [6.45, 7) is 1.39. The van der Waals surface area contributed by atoms with Gasteiger partial charge in [0.25, 0.3) is 10.0 Å². The molecule has 112 valence electrons. The van der Waals surface area contributed by atoms with E-state index in [4.69, 9.17) is 0 Å². The van der Waals surface area contributed by atoms with Gasteiger partial charge in [-0.3, -0.25) is 9.52 Å². The Morgan fingerprint density at radius 2 is 1.95 bits per heavy atom. The molecule has 2 heterocycles. The third-order valence-electron chi connectivity index (χ3n) is 3.25.